The fraction of sp³-hybridized carbons (Fsp3) is 0.200. The lowest BCUT2D eigenvalue weighted by atomic mass is 10.1. The van der Waals surface area contributed by atoms with Gasteiger partial charge in [-0.2, -0.15) is 4.68 Å². The topological polar surface area (TPSA) is 90.6 Å². The maximum atomic E-state index is 12.1. The Hall–Kier alpha value is -3.01. The first-order chi connectivity index (χ1) is 11.8. The van der Waals surface area contributed by atoms with Crippen LogP contribution in [0.3, 0.4) is 0 Å². The summed E-state index contributed by atoms with van der Waals surface area (Å²) in [6.07, 6.45) is -4.60. The molecule has 1 aromatic carbocycles. The number of hydrogen-bond donors (Lipinski definition) is 1. The van der Waals surface area contributed by atoms with E-state index < -0.39 is 24.0 Å². The minimum Gasteiger partial charge on any atom is -0.459 e. The minimum absolute atomic E-state index is 0.0453. The van der Waals surface area contributed by atoms with Gasteiger partial charge in [0.25, 0.3) is 5.89 Å². The molecule has 132 valence electrons. The number of aliphatic hydroxyl groups is 1. The molecule has 0 spiro atoms. The zero-order valence-corrected chi connectivity index (χ0v) is 12.4. The normalized spacial score (nSPS) is 13.0. The molecule has 0 aliphatic carbocycles. The predicted molar refractivity (Wildman–Crippen MR) is 76.5 cm³/mol. The van der Waals surface area contributed by atoms with E-state index in [-0.39, 0.29) is 23.8 Å². The highest BCUT2D eigenvalue weighted by Crippen LogP contribution is 2.25. The van der Waals surface area contributed by atoms with Crippen molar-refractivity contribution in [2.75, 3.05) is 0 Å². The maximum absolute atomic E-state index is 12.1. The molecule has 0 aliphatic heterocycles. The fourth-order valence-corrected chi connectivity index (χ4v) is 2.08. The van der Waals surface area contributed by atoms with E-state index >= 15 is 0 Å². The summed E-state index contributed by atoms with van der Waals surface area (Å²) < 4.78 is 51.0. The molecule has 0 aliphatic rings. The molecule has 0 unspecified atom stereocenters. The van der Waals surface area contributed by atoms with Crippen molar-refractivity contribution in [1.29, 1.82) is 0 Å². The molecule has 10 heteroatoms. The van der Waals surface area contributed by atoms with Crippen molar-refractivity contribution in [2.45, 2.75) is 19.0 Å². The molecule has 1 atom stereocenters. The predicted octanol–water partition coefficient (Wildman–Crippen LogP) is 2.73. The third kappa shape index (κ3) is 4.10. The van der Waals surface area contributed by atoms with Gasteiger partial charge in [-0.3, -0.25) is 0 Å². The van der Waals surface area contributed by atoms with Crippen molar-refractivity contribution >= 4 is 0 Å². The second kappa shape index (κ2) is 6.48. The number of hydrogen-bond acceptors (Lipinski definition) is 6. The van der Waals surface area contributed by atoms with Crippen LogP contribution < -0.4 is 10.5 Å². The van der Waals surface area contributed by atoms with Crippen LogP contribution in [0.25, 0.3) is 11.7 Å². The first-order valence-corrected chi connectivity index (χ1v) is 6.97. The zero-order chi connectivity index (χ0) is 18.0. The molecule has 0 saturated heterocycles. The number of halogens is 3. The molecule has 0 saturated carbocycles. The van der Waals surface area contributed by atoms with Crippen molar-refractivity contribution in [1.82, 2.24) is 9.78 Å². The fourth-order valence-electron chi connectivity index (χ4n) is 2.08. The van der Waals surface area contributed by atoms with Crippen molar-refractivity contribution in [3.05, 3.63) is 58.8 Å². The minimum atomic E-state index is -4.80. The highest BCUT2D eigenvalue weighted by molar-refractivity contribution is 5.42. The Labute approximate surface area is 137 Å². The van der Waals surface area contributed by atoms with Gasteiger partial charge in [0, 0.05) is 0 Å². The number of furan rings is 1. The van der Waals surface area contributed by atoms with Crippen molar-refractivity contribution in [3.8, 4) is 17.4 Å². The van der Waals surface area contributed by atoms with Gasteiger partial charge in [0.05, 0.1) is 18.9 Å². The van der Waals surface area contributed by atoms with Crippen LogP contribution in [0, 0.1) is 0 Å². The van der Waals surface area contributed by atoms with Crippen LogP contribution in [0.4, 0.5) is 13.2 Å². The van der Waals surface area contributed by atoms with E-state index in [4.69, 9.17) is 8.83 Å². The van der Waals surface area contributed by atoms with Crippen LogP contribution in [0.2, 0.25) is 0 Å². The Morgan fingerprint density at radius 2 is 1.96 bits per heavy atom. The number of aromatic nitrogens is 2. The summed E-state index contributed by atoms with van der Waals surface area (Å²) in [5, 5.41) is 14.0. The van der Waals surface area contributed by atoms with Gasteiger partial charge < -0.3 is 18.7 Å². The van der Waals surface area contributed by atoms with Crippen molar-refractivity contribution < 1.29 is 31.8 Å². The van der Waals surface area contributed by atoms with Gasteiger partial charge in [0.2, 0.25) is 0 Å². The Kier molecular flexibility index (Phi) is 4.36. The standard InChI is InChI=1S/C15H11F3N2O5/c16-15(17,18)25-10-5-3-9(4-6-10)11(21)8-20-14(22)24-13(19-20)12-2-1-7-23-12/h1-7,11,21H,8H2/t11-/m0/s1. The molecule has 0 bridgehead atoms. The second-order valence-corrected chi connectivity index (χ2v) is 4.97. The first-order valence-electron chi connectivity index (χ1n) is 6.97. The Morgan fingerprint density at radius 1 is 1.24 bits per heavy atom. The molecule has 7 nitrogen and oxygen atoms in total. The number of rotatable bonds is 5. The van der Waals surface area contributed by atoms with Gasteiger partial charge in [0.1, 0.15) is 5.75 Å². The SMILES string of the molecule is O=c1oc(-c2ccco2)nn1C[C@H](O)c1ccc(OC(F)(F)F)cc1. The lowest BCUT2D eigenvalue weighted by molar-refractivity contribution is -0.274. The lowest BCUT2D eigenvalue weighted by Crippen LogP contribution is -2.20. The Morgan fingerprint density at radius 3 is 2.56 bits per heavy atom. The van der Waals surface area contributed by atoms with Crippen molar-refractivity contribution in [2.24, 2.45) is 0 Å². The third-order valence-electron chi connectivity index (χ3n) is 3.18. The molecule has 25 heavy (non-hydrogen) atoms. The van der Waals surface area contributed by atoms with E-state index in [0.717, 1.165) is 16.8 Å². The van der Waals surface area contributed by atoms with Gasteiger partial charge in [-0.15, -0.1) is 18.3 Å². The summed E-state index contributed by atoms with van der Waals surface area (Å²) in [6.45, 7) is -0.248. The smallest absolute Gasteiger partial charge is 0.459 e. The monoisotopic (exact) mass is 356 g/mol. The van der Waals surface area contributed by atoms with Gasteiger partial charge >= 0.3 is 12.1 Å². The summed E-state index contributed by atoms with van der Waals surface area (Å²) in [5.41, 5.74) is 0.281. The zero-order valence-electron chi connectivity index (χ0n) is 12.4. The summed E-state index contributed by atoms with van der Waals surface area (Å²) >= 11 is 0. The van der Waals surface area contributed by atoms with Crippen LogP contribution in [0.15, 0.2) is 56.3 Å². The van der Waals surface area contributed by atoms with E-state index in [9.17, 15) is 23.1 Å². The van der Waals surface area contributed by atoms with Crippen LogP contribution in [0.1, 0.15) is 11.7 Å². The third-order valence-corrected chi connectivity index (χ3v) is 3.18. The number of ether oxygens (including phenoxy) is 1. The summed E-state index contributed by atoms with van der Waals surface area (Å²) in [7, 11) is 0. The number of alkyl halides is 3. The molecule has 0 radical (unpaired) electrons. The van der Waals surface area contributed by atoms with E-state index in [1.165, 1.54) is 18.4 Å². The maximum Gasteiger partial charge on any atom is 0.573 e. The highest BCUT2D eigenvalue weighted by Gasteiger charge is 2.31. The molecule has 2 aromatic heterocycles. The lowest BCUT2D eigenvalue weighted by Gasteiger charge is -2.12. The van der Waals surface area contributed by atoms with Gasteiger partial charge in [0.15, 0.2) is 5.76 Å². The number of benzene rings is 1. The number of aliphatic hydroxyl groups excluding tert-OH is 1. The van der Waals surface area contributed by atoms with Gasteiger partial charge in [-0.05, 0) is 29.8 Å². The molecule has 2 heterocycles. The highest BCUT2D eigenvalue weighted by atomic mass is 19.4. The number of nitrogens with zero attached hydrogens (tertiary/aromatic N) is 2. The van der Waals surface area contributed by atoms with Crippen LogP contribution in [0.5, 0.6) is 5.75 Å². The summed E-state index contributed by atoms with van der Waals surface area (Å²) in [6, 6.07) is 7.77. The van der Waals surface area contributed by atoms with Crippen molar-refractivity contribution in [3.63, 3.8) is 0 Å². The molecular weight excluding hydrogens is 345 g/mol. The quantitative estimate of drug-likeness (QED) is 0.756. The summed E-state index contributed by atoms with van der Waals surface area (Å²) in [4.78, 5) is 11.7. The average Bonchev–Trinajstić information content (AvgIpc) is 3.17. The van der Waals surface area contributed by atoms with Crippen LogP contribution in [-0.2, 0) is 6.54 Å². The van der Waals surface area contributed by atoms with Gasteiger partial charge in [-0.25, -0.2) is 4.79 Å². The average molecular weight is 356 g/mol. The first kappa shape index (κ1) is 16.8. The molecular formula is C15H11F3N2O5. The largest absolute Gasteiger partial charge is 0.573 e. The molecule has 0 amide bonds. The van der Waals surface area contributed by atoms with Crippen LogP contribution in [-0.4, -0.2) is 21.2 Å². The van der Waals surface area contributed by atoms with E-state index in [1.807, 2.05) is 0 Å². The van der Waals surface area contributed by atoms with Gasteiger partial charge in [-0.1, -0.05) is 12.1 Å². The molecule has 3 rings (SSSR count). The Balaban J connectivity index is 1.72. The van der Waals surface area contributed by atoms with E-state index in [2.05, 4.69) is 9.84 Å². The van der Waals surface area contributed by atoms with Crippen LogP contribution >= 0.6 is 0 Å². The second-order valence-electron chi connectivity index (χ2n) is 4.97. The van der Waals surface area contributed by atoms with E-state index in [1.54, 1.807) is 12.1 Å². The van der Waals surface area contributed by atoms with E-state index in [0.29, 0.717) is 0 Å². The molecule has 0 fully saturated rings. The Bertz CT molecular complexity index is 881. The molecule has 1 N–H and O–H groups in total. The summed E-state index contributed by atoms with van der Waals surface area (Å²) in [5.74, 6) is -1.01. The molecule has 3 aromatic rings.